The van der Waals surface area contributed by atoms with Gasteiger partial charge in [-0.05, 0) is 35.6 Å². The molecule has 0 saturated carbocycles. The summed E-state index contributed by atoms with van der Waals surface area (Å²) >= 11 is 4.28. The third-order valence-electron chi connectivity index (χ3n) is 5.98. The molecule has 2 heterocycles. The van der Waals surface area contributed by atoms with E-state index in [1.807, 2.05) is 24.4 Å². The number of carbonyl (C=O) groups is 1. The maximum absolute atomic E-state index is 13.1. The molecule has 0 atom stereocenters. The van der Waals surface area contributed by atoms with Crippen LogP contribution < -0.4 is 4.90 Å². The average Bonchev–Trinajstić information content (AvgIpc) is 2.78. The second kappa shape index (κ2) is 9.23. The van der Waals surface area contributed by atoms with Gasteiger partial charge in [-0.15, -0.1) is 0 Å². The van der Waals surface area contributed by atoms with Crippen molar-refractivity contribution in [3.8, 4) is 0 Å². The molecule has 1 aromatic heterocycles. The molecule has 1 aliphatic rings. The standard InChI is InChI=1S/C26H29N3OS/c1-17(2)20-6-4-5-19(11-20)12-25(30)21-8-7-18(3)24(13-21)29-10-9-23-22(15-29)14-27-26(16-31)28-23/h4-8,11,13-14,17,31H,9-10,12,15-16H2,1-3H3. The van der Waals surface area contributed by atoms with Crippen LogP contribution in [0.15, 0.2) is 48.7 Å². The van der Waals surface area contributed by atoms with Gasteiger partial charge < -0.3 is 4.90 Å². The summed E-state index contributed by atoms with van der Waals surface area (Å²) in [6.45, 7) is 8.09. The molecular weight excluding hydrogens is 402 g/mol. The summed E-state index contributed by atoms with van der Waals surface area (Å²) < 4.78 is 0. The molecule has 0 aliphatic carbocycles. The van der Waals surface area contributed by atoms with Gasteiger partial charge in [-0.3, -0.25) is 4.79 Å². The van der Waals surface area contributed by atoms with Gasteiger partial charge in [-0.1, -0.05) is 50.2 Å². The molecule has 3 aromatic rings. The molecule has 0 amide bonds. The van der Waals surface area contributed by atoms with E-state index in [9.17, 15) is 4.79 Å². The fourth-order valence-electron chi connectivity index (χ4n) is 4.11. The van der Waals surface area contributed by atoms with Gasteiger partial charge >= 0.3 is 0 Å². The molecule has 1 aliphatic heterocycles. The maximum atomic E-state index is 13.1. The van der Waals surface area contributed by atoms with Crippen molar-refractivity contribution in [2.45, 2.75) is 51.8 Å². The van der Waals surface area contributed by atoms with Crippen LogP contribution in [0, 0.1) is 6.92 Å². The van der Waals surface area contributed by atoms with Crippen LogP contribution in [0.5, 0.6) is 0 Å². The first-order valence-electron chi connectivity index (χ1n) is 10.9. The number of aryl methyl sites for hydroxylation is 1. The smallest absolute Gasteiger partial charge is 0.167 e. The van der Waals surface area contributed by atoms with Gasteiger partial charge in [0.1, 0.15) is 5.82 Å². The van der Waals surface area contributed by atoms with Crippen LogP contribution in [0.1, 0.15) is 63.9 Å². The van der Waals surface area contributed by atoms with E-state index in [1.165, 1.54) is 11.1 Å². The quantitative estimate of drug-likeness (QED) is 0.423. The topological polar surface area (TPSA) is 46.1 Å². The Balaban J connectivity index is 1.54. The molecular formula is C26H29N3OS. The summed E-state index contributed by atoms with van der Waals surface area (Å²) in [5.41, 5.74) is 7.67. The SMILES string of the molecule is Cc1ccc(C(=O)Cc2cccc(C(C)C)c2)cc1N1CCc2nc(CS)ncc2C1. The minimum Gasteiger partial charge on any atom is -0.366 e. The van der Waals surface area contributed by atoms with Crippen molar-refractivity contribution in [2.24, 2.45) is 0 Å². The number of hydrogen-bond donors (Lipinski definition) is 1. The zero-order valence-corrected chi connectivity index (χ0v) is 19.3. The van der Waals surface area contributed by atoms with E-state index < -0.39 is 0 Å². The Labute approximate surface area is 190 Å². The van der Waals surface area contributed by atoms with Crippen molar-refractivity contribution in [1.82, 2.24) is 9.97 Å². The summed E-state index contributed by atoms with van der Waals surface area (Å²) in [4.78, 5) is 24.4. The molecule has 31 heavy (non-hydrogen) atoms. The van der Waals surface area contributed by atoms with E-state index in [4.69, 9.17) is 0 Å². The Morgan fingerprint density at radius 3 is 2.81 bits per heavy atom. The summed E-state index contributed by atoms with van der Waals surface area (Å²) in [6.07, 6.45) is 3.22. The lowest BCUT2D eigenvalue weighted by atomic mass is 9.96. The second-order valence-electron chi connectivity index (χ2n) is 8.59. The molecule has 160 valence electrons. The first kappa shape index (κ1) is 21.6. The van der Waals surface area contributed by atoms with Gasteiger partial charge in [-0.2, -0.15) is 12.6 Å². The largest absolute Gasteiger partial charge is 0.366 e. The van der Waals surface area contributed by atoms with Crippen LogP contribution in [0.3, 0.4) is 0 Å². The fourth-order valence-corrected chi connectivity index (χ4v) is 4.26. The normalized spacial score (nSPS) is 13.4. The third-order valence-corrected chi connectivity index (χ3v) is 6.26. The van der Waals surface area contributed by atoms with Gasteiger partial charge in [0.05, 0.1) is 11.4 Å². The number of fused-ring (bicyclic) bond motifs is 1. The predicted octanol–water partition coefficient (Wildman–Crippen LogP) is 5.33. The van der Waals surface area contributed by atoms with Gasteiger partial charge in [0, 0.05) is 48.9 Å². The Morgan fingerprint density at radius 2 is 2.03 bits per heavy atom. The first-order valence-corrected chi connectivity index (χ1v) is 11.5. The highest BCUT2D eigenvalue weighted by atomic mass is 32.1. The van der Waals surface area contributed by atoms with Crippen molar-refractivity contribution in [3.05, 3.63) is 88.0 Å². The highest BCUT2D eigenvalue weighted by Crippen LogP contribution is 2.28. The van der Waals surface area contributed by atoms with E-state index in [0.717, 1.165) is 53.4 Å². The third kappa shape index (κ3) is 4.82. The average molecular weight is 432 g/mol. The number of carbonyl (C=O) groups excluding carboxylic acids is 1. The van der Waals surface area contributed by atoms with Crippen molar-refractivity contribution < 1.29 is 4.79 Å². The number of benzene rings is 2. The first-order chi connectivity index (χ1) is 14.9. The summed E-state index contributed by atoms with van der Waals surface area (Å²) in [5.74, 6) is 1.94. The van der Waals surface area contributed by atoms with Crippen LogP contribution in [0.25, 0.3) is 0 Å². The van der Waals surface area contributed by atoms with Crippen molar-refractivity contribution in [1.29, 1.82) is 0 Å². The Morgan fingerprint density at radius 1 is 1.19 bits per heavy atom. The van der Waals surface area contributed by atoms with E-state index in [1.54, 1.807) is 0 Å². The summed E-state index contributed by atoms with van der Waals surface area (Å²) in [5, 5.41) is 0. The van der Waals surface area contributed by atoms with E-state index >= 15 is 0 Å². The lowest BCUT2D eigenvalue weighted by molar-refractivity contribution is 0.0993. The monoisotopic (exact) mass is 431 g/mol. The summed E-state index contributed by atoms with van der Waals surface area (Å²) in [7, 11) is 0. The van der Waals surface area contributed by atoms with Gasteiger partial charge in [0.15, 0.2) is 5.78 Å². The molecule has 0 unspecified atom stereocenters. The molecule has 5 heteroatoms. The Hall–Kier alpha value is -2.66. The lowest BCUT2D eigenvalue weighted by Gasteiger charge is -2.31. The number of aromatic nitrogens is 2. The fraction of sp³-hybridized carbons (Fsp3) is 0.346. The van der Waals surface area contributed by atoms with Gasteiger partial charge in [0.2, 0.25) is 0 Å². The highest BCUT2D eigenvalue weighted by Gasteiger charge is 2.21. The van der Waals surface area contributed by atoms with E-state index in [0.29, 0.717) is 18.1 Å². The van der Waals surface area contributed by atoms with Gasteiger partial charge in [-0.25, -0.2) is 9.97 Å². The predicted molar refractivity (Wildman–Crippen MR) is 129 cm³/mol. The maximum Gasteiger partial charge on any atom is 0.167 e. The summed E-state index contributed by atoms with van der Waals surface area (Å²) in [6, 6.07) is 14.4. The van der Waals surface area contributed by atoms with Gasteiger partial charge in [0.25, 0.3) is 0 Å². The van der Waals surface area contributed by atoms with Crippen LogP contribution in [0.2, 0.25) is 0 Å². The number of nitrogens with zero attached hydrogens (tertiary/aromatic N) is 3. The van der Waals surface area contributed by atoms with Crippen LogP contribution in [0.4, 0.5) is 5.69 Å². The molecule has 0 saturated heterocycles. The molecule has 0 bridgehead atoms. The lowest BCUT2D eigenvalue weighted by Crippen LogP contribution is -2.32. The van der Waals surface area contributed by atoms with E-state index in [2.05, 4.69) is 72.5 Å². The Kier molecular flexibility index (Phi) is 6.42. The van der Waals surface area contributed by atoms with Crippen LogP contribution in [-0.2, 0) is 25.1 Å². The molecule has 4 rings (SSSR count). The number of thiol groups is 1. The molecule has 4 nitrogen and oxygen atoms in total. The zero-order valence-electron chi connectivity index (χ0n) is 18.4. The number of hydrogen-bond acceptors (Lipinski definition) is 5. The number of anilines is 1. The second-order valence-corrected chi connectivity index (χ2v) is 8.91. The van der Waals surface area contributed by atoms with Crippen molar-refractivity contribution >= 4 is 24.1 Å². The van der Waals surface area contributed by atoms with Crippen molar-refractivity contribution in [3.63, 3.8) is 0 Å². The number of ketones is 1. The van der Waals surface area contributed by atoms with E-state index in [-0.39, 0.29) is 5.78 Å². The van der Waals surface area contributed by atoms with Crippen LogP contribution >= 0.6 is 12.6 Å². The number of Topliss-reactive ketones (excluding diaryl/α,β-unsaturated/α-hetero) is 1. The Bertz CT molecular complexity index is 1110. The minimum atomic E-state index is 0.154. The molecule has 2 aromatic carbocycles. The molecule has 0 spiro atoms. The highest BCUT2D eigenvalue weighted by molar-refractivity contribution is 7.79. The van der Waals surface area contributed by atoms with Crippen LogP contribution in [-0.4, -0.2) is 22.3 Å². The minimum absolute atomic E-state index is 0.154. The molecule has 0 fully saturated rings. The van der Waals surface area contributed by atoms with Crippen molar-refractivity contribution in [2.75, 3.05) is 11.4 Å². The molecule has 0 radical (unpaired) electrons. The zero-order chi connectivity index (χ0) is 22.0. The molecule has 0 N–H and O–H groups in total. The number of rotatable bonds is 6.